The molecule has 2 amide bonds. The second kappa shape index (κ2) is 9.37. The Morgan fingerprint density at radius 2 is 1.46 bits per heavy atom. The van der Waals surface area contributed by atoms with Crippen LogP contribution in [0.3, 0.4) is 0 Å². The third-order valence-electron chi connectivity index (χ3n) is 4.33. The van der Waals surface area contributed by atoms with Gasteiger partial charge in [-0.3, -0.25) is 9.59 Å². The Bertz CT molecular complexity index is 910. The maximum Gasteiger partial charge on any atom is 0.258 e. The summed E-state index contributed by atoms with van der Waals surface area (Å²) < 4.78 is 5.53. The van der Waals surface area contributed by atoms with E-state index in [1.165, 1.54) is 0 Å². The number of primary amides is 1. The molecule has 0 bridgehead atoms. The van der Waals surface area contributed by atoms with Gasteiger partial charge in [0.15, 0.2) is 6.61 Å². The van der Waals surface area contributed by atoms with Crippen LogP contribution in [0.1, 0.15) is 27.5 Å². The molecule has 0 aliphatic rings. The van der Waals surface area contributed by atoms with Gasteiger partial charge in [0, 0.05) is 5.56 Å². The van der Waals surface area contributed by atoms with Crippen molar-refractivity contribution in [3.63, 3.8) is 0 Å². The maximum absolute atomic E-state index is 12.5. The lowest BCUT2D eigenvalue weighted by atomic mass is 9.99. The van der Waals surface area contributed by atoms with E-state index in [-0.39, 0.29) is 18.6 Å². The molecule has 0 heterocycles. The number of hydrogen-bond acceptors (Lipinski definition) is 3. The number of nitrogens with two attached hydrogens (primary N) is 1. The molecule has 3 N–H and O–H groups in total. The van der Waals surface area contributed by atoms with Crippen molar-refractivity contribution >= 4 is 11.8 Å². The fraction of sp³-hybridized carbons (Fsp3) is 0.130. The smallest absolute Gasteiger partial charge is 0.258 e. The average molecular weight is 374 g/mol. The molecular formula is C23H22N2O3. The van der Waals surface area contributed by atoms with E-state index in [0.717, 1.165) is 11.1 Å². The predicted molar refractivity (Wildman–Crippen MR) is 108 cm³/mol. The van der Waals surface area contributed by atoms with Crippen LogP contribution in [0.15, 0.2) is 84.9 Å². The zero-order valence-corrected chi connectivity index (χ0v) is 15.4. The van der Waals surface area contributed by atoms with E-state index in [4.69, 9.17) is 10.5 Å². The van der Waals surface area contributed by atoms with Gasteiger partial charge in [0.05, 0.1) is 6.04 Å². The Hall–Kier alpha value is -3.60. The van der Waals surface area contributed by atoms with Crippen LogP contribution in [0.5, 0.6) is 5.75 Å². The van der Waals surface area contributed by atoms with E-state index < -0.39 is 5.91 Å². The molecule has 28 heavy (non-hydrogen) atoms. The van der Waals surface area contributed by atoms with E-state index in [9.17, 15) is 9.59 Å². The van der Waals surface area contributed by atoms with Gasteiger partial charge in [-0.2, -0.15) is 0 Å². The second-order valence-corrected chi connectivity index (χ2v) is 6.40. The van der Waals surface area contributed by atoms with Crippen LogP contribution in [-0.2, 0) is 11.2 Å². The third kappa shape index (κ3) is 5.45. The molecule has 5 heteroatoms. The van der Waals surface area contributed by atoms with Gasteiger partial charge in [-0.15, -0.1) is 0 Å². The third-order valence-corrected chi connectivity index (χ3v) is 4.33. The van der Waals surface area contributed by atoms with Crippen molar-refractivity contribution in [3.8, 4) is 5.75 Å². The lowest BCUT2D eigenvalue weighted by molar-refractivity contribution is -0.123. The Kier molecular flexibility index (Phi) is 6.41. The molecule has 0 spiro atoms. The molecule has 0 saturated carbocycles. The van der Waals surface area contributed by atoms with Crippen molar-refractivity contribution in [2.75, 3.05) is 6.61 Å². The standard InChI is InChI=1S/C23H22N2O3/c24-23(27)19-11-13-20(14-12-19)28-16-22(26)25-21(18-9-5-2-6-10-18)15-17-7-3-1-4-8-17/h1-14,21H,15-16H2,(H2,24,27)(H,25,26). The molecule has 1 atom stereocenters. The molecule has 3 rings (SSSR count). The highest BCUT2D eigenvalue weighted by molar-refractivity contribution is 5.92. The van der Waals surface area contributed by atoms with Crippen LogP contribution in [0, 0.1) is 0 Å². The van der Waals surface area contributed by atoms with Gasteiger partial charge in [-0.05, 0) is 41.8 Å². The summed E-state index contributed by atoms with van der Waals surface area (Å²) in [4.78, 5) is 23.6. The first-order valence-electron chi connectivity index (χ1n) is 9.03. The number of rotatable bonds is 8. The van der Waals surface area contributed by atoms with Gasteiger partial charge < -0.3 is 15.8 Å². The molecule has 0 aromatic heterocycles. The van der Waals surface area contributed by atoms with Crippen LogP contribution in [-0.4, -0.2) is 18.4 Å². The molecule has 3 aromatic rings. The van der Waals surface area contributed by atoms with Crippen molar-refractivity contribution in [2.24, 2.45) is 5.73 Å². The number of ether oxygens (including phenoxy) is 1. The first-order chi connectivity index (χ1) is 13.6. The summed E-state index contributed by atoms with van der Waals surface area (Å²) in [6.45, 7) is -0.117. The van der Waals surface area contributed by atoms with Crippen LogP contribution < -0.4 is 15.8 Å². The summed E-state index contributed by atoms with van der Waals surface area (Å²) in [6, 6.07) is 26.1. The van der Waals surface area contributed by atoms with E-state index >= 15 is 0 Å². The average Bonchev–Trinajstić information content (AvgIpc) is 2.73. The van der Waals surface area contributed by atoms with E-state index in [0.29, 0.717) is 17.7 Å². The number of benzene rings is 3. The van der Waals surface area contributed by atoms with Crippen molar-refractivity contribution < 1.29 is 14.3 Å². The summed E-state index contributed by atoms with van der Waals surface area (Å²) in [7, 11) is 0. The summed E-state index contributed by atoms with van der Waals surface area (Å²) in [5.74, 6) is -0.223. The Morgan fingerprint density at radius 3 is 2.07 bits per heavy atom. The zero-order chi connectivity index (χ0) is 19.8. The van der Waals surface area contributed by atoms with Crippen molar-refractivity contribution in [1.29, 1.82) is 0 Å². The fourth-order valence-corrected chi connectivity index (χ4v) is 2.89. The highest BCUT2D eigenvalue weighted by Crippen LogP contribution is 2.18. The molecular weight excluding hydrogens is 352 g/mol. The normalized spacial score (nSPS) is 11.4. The lowest BCUT2D eigenvalue weighted by Crippen LogP contribution is -2.33. The Balaban J connectivity index is 1.63. The minimum Gasteiger partial charge on any atom is -0.484 e. The van der Waals surface area contributed by atoms with Gasteiger partial charge in [0.25, 0.3) is 5.91 Å². The van der Waals surface area contributed by atoms with Crippen LogP contribution in [0.25, 0.3) is 0 Å². The number of amides is 2. The summed E-state index contributed by atoms with van der Waals surface area (Å²) in [5, 5.41) is 3.04. The van der Waals surface area contributed by atoms with Crippen molar-refractivity contribution in [2.45, 2.75) is 12.5 Å². The predicted octanol–water partition coefficient (Wildman–Crippen LogP) is 3.26. The highest BCUT2D eigenvalue weighted by atomic mass is 16.5. The van der Waals surface area contributed by atoms with Gasteiger partial charge in [-0.25, -0.2) is 0 Å². The molecule has 3 aromatic carbocycles. The number of hydrogen-bond donors (Lipinski definition) is 2. The van der Waals surface area contributed by atoms with Crippen LogP contribution >= 0.6 is 0 Å². The second-order valence-electron chi connectivity index (χ2n) is 6.40. The van der Waals surface area contributed by atoms with E-state index in [2.05, 4.69) is 5.32 Å². The minimum atomic E-state index is -0.504. The minimum absolute atomic E-state index is 0.117. The van der Waals surface area contributed by atoms with E-state index in [1.807, 2.05) is 60.7 Å². The molecule has 142 valence electrons. The zero-order valence-electron chi connectivity index (χ0n) is 15.4. The van der Waals surface area contributed by atoms with E-state index in [1.54, 1.807) is 24.3 Å². The summed E-state index contributed by atoms with van der Waals surface area (Å²) >= 11 is 0. The molecule has 0 aliphatic heterocycles. The van der Waals surface area contributed by atoms with Crippen LogP contribution in [0.4, 0.5) is 0 Å². The summed E-state index contributed by atoms with van der Waals surface area (Å²) in [5.41, 5.74) is 7.78. The molecule has 0 radical (unpaired) electrons. The number of carbonyl (C=O) groups is 2. The Morgan fingerprint density at radius 1 is 0.857 bits per heavy atom. The quantitative estimate of drug-likeness (QED) is 0.635. The molecule has 0 saturated heterocycles. The summed E-state index contributed by atoms with van der Waals surface area (Å²) in [6.07, 6.45) is 0.684. The maximum atomic E-state index is 12.5. The Labute approximate surface area is 164 Å². The lowest BCUT2D eigenvalue weighted by Gasteiger charge is -2.20. The number of carbonyl (C=O) groups excluding carboxylic acids is 2. The first-order valence-corrected chi connectivity index (χ1v) is 9.03. The SMILES string of the molecule is NC(=O)c1ccc(OCC(=O)NC(Cc2ccccc2)c2ccccc2)cc1. The number of nitrogens with one attached hydrogen (secondary N) is 1. The molecule has 5 nitrogen and oxygen atoms in total. The topological polar surface area (TPSA) is 81.4 Å². The van der Waals surface area contributed by atoms with Gasteiger partial charge in [-0.1, -0.05) is 60.7 Å². The van der Waals surface area contributed by atoms with Gasteiger partial charge >= 0.3 is 0 Å². The molecule has 1 unspecified atom stereocenters. The van der Waals surface area contributed by atoms with Gasteiger partial charge in [0.2, 0.25) is 5.91 Å². The largest absolute Gasteiger partial charge is 0.484 e. The monoisotopic (exact) mass is 374 g/mol. The first kappa shape index (κ1) is 19.2. The molecule has 0 aliphatic carbocycles. The van der Waals surface area contributed by atoms with Gasteiger partial charge in [0.1, 0.15) is 5.75 Å². The van der Waals surface area contributed by atoms with Crippen LogP contribution in [0.2, 0.25) is 0 Å². The molecule has 0 fully saturated rings. The van der Waals surface area contributed by atoms with Crippen molar-refractivity contribution in [1.82, 2.24) is 5.32 Å². The van der Waals surface area contributed by atoms with Crippen molar-refractivity contribution in [3.05, 3.63) is 102 Å². The fourth-order valence-electron chi connectivity index (χ4n) is 2.89. The highest BCUT2D eigenvalue weighted by Gasteiger charge is 2.15.